The summed E-state index contributed by atoms with van der Waals surface area (Å²) >= 11 is 1.18. The van der Waals surface area contributed by atoms with E-state index in [0.717, 1.165) is 5.56 Å². The molecule has 2 aromatic carbocycles. The van der Waals surface area contributed by atoms with Gasteiger partial charge in [0.05, 0.1) is 27.9 Å². The maximum absolute atomic E-state index is 12.6. The Hall–Kier alpha value is -3.30. The van der Waals surface area contributed by atoms with Crippen LogP contribution in [-0.4, -0.2) is 41.0 Å². The first-order valence-electron chi connectivity index (χ1n) is 10.2. The Labute approximate surface area is 198 Å². The van der Waals surface area contributed by atoms with Crippen LogP contribution in [0.25, 0.3) is 11.1 Å². The predicted octanol–water partition coefficient (Wildman–Crippen LogP) is 4.51. The van der Waals surface area contributed by atoms with Gasteiger partial charge in [0, 0.05) is 16.7 Å². The maximum Gasteiger partial charge on any atom is 0.341 e. The Morgan fingerprint density at radius 1 is 0.939 bits per heavy atom. The van der Waals surface area contributed by atoms with Gasteiger partial charge in [-0.05, 0) is 24.6 Å². The van der Waals surface area contributed by atoms with Crippen molar-refractivity contribution in [3.8, 4) is 11.1 Å². The Kier molecular flexibility index (Phi) is 8.51. The average Bonchev–Trinajstić information content (AvgIpc) is 3.26. The van der Waals surface area contributed by atoms with Crippen molar-refractivity contribution in [3.05, 3.63) is 71.1 Å². The Balaban J connectivity index is 1.75. The first-order chi connectivity index (χ1) is 16.0. The molecule has 3 aromatic rings. The van der Waals surface area contributed by atoms with E-state index < -0.39 is 35.3 Å². The SMILES string of the molecule is CCOC(=O)c1c(-c2ccccc2)csc1NC(=O)COC(=O)c1ccccc1[S@@](=O)CC. The molecule has 0 spiro atoms. The molecule has 7 nitrogen and oxygen atoms in total. The highest BCUT2D eigenvalue weighted by molar-refractivity contribution is 7.85. The molecule has 0 bridgehead atoms. The van der Waals surface area contributed by atoms with Crippen LogP contribution in [0.3, 0.4) is 0 Å². The van der Waals surface area contributed by atoms with Gasteiger partial charge in [-0.25, -0.2) is 9.59 Å². The number of carbonyl (C=O) groups excluding carboxylic acids is 3. The van der Waals surface area contributed by atoms with E-state index >= 15 is 0 Å². The molecular weight excluding hydrogens is 462 g/mol. The molecule has 172 valence electrons. The minimum absolute atomic E-state index is 0.153. The van der Waals surface area contributed by atoms with Crippen molar-refractivity contribution >= 4 is 45.0 Å². The van der Waals surface area contributed by atoms with Gasteiger partial charge in [-0.2, -0.15) is 0 Å². The number of anilines is 1. The number of rotatable bonds is 9. The first kappa shape index (κ1) is 24.3. The minimum atomic E-state index is -1.35. The second kappa shape index (κ2) is 11.5. The number of hydrogen-bond acceptors (Lipinski definition) is 7. The summed E-state index contributed by atoms with van der Waals surface area (Å²) < 4.78 is 22.5. The Morgan fingerprint density at radius 3 is 2.33 bits per heavy atom. The third-order valence-electron chi connectivity index (χ3n) is 4.56. The normalized spacial score (nSPS) is 11.5. The number of thiophene rings is 1. The van der Waals surface area contributed by atoms with Crippen LogP contribution >= 0.6 is 11.3 Å². The average molecular weight is 486 g/mol. The summed E-state index contributed by atoms with van der Waals surface area (Å²) in [6.07, 6.45) is 0. The summed E-state index contributed by atoms with van der Waals surface area (Å²) in [5, 5.41) is 4.71. The largest absolute Gasteiger partial charge is 0.462 e. The zero-order valence-electron chi connectivity index (χ0n) is 18.2. The van der Waals surface area contributed by atoms with E-state index in [0.29, 0.717) is 21.2 Å². The van der Waals surface area contributed by atoms with Gasteiger partial charge < -0.3 is 14.8 Å². The van der Waals surface area contributed by atoms with Crippen LogP contribution in [0.2, 0.25) is 0 Å². The second-order valence-corrected chi connectivity index (χ2v) is 9.28. The summed E-state index contributed by atoms with van der Waals surface area (Å²) in [6, 6.07) is 15.7. The number of ether oxygens (including phenoxy) is 2. The molecule has 1 heterocycles. The molecule has 3 rings (SSSR count). The minimum Gasteiger partial charge on any atom is -0.462 e. The lowest BCUT2D eigenvalue weighted by atomic mass is 10.0. The number of benzene rings is 2. The van der Waals surface area contributed by atoms with Crippen LogP contribution < -0.4 is 5.32 Å². The summed E-state index contributed by atoms with van der Waals surface area (Å²) in [6.45, 7) is 3.07. The van der Waals surface area contributed by atoms with Crippen LogP contribution in [-0.2, 0) is 25.1 Å². The standard InChI is InChI=1S/C24H23NO6S2/c1-3-30-24(28)21-18(16-10-6-5-7-11-16)15-32-22(21)25-20(26)14-31-23(27)17-12-8-9-13-19(17)33(29)4-2/h5-13,15H,3-4,14H2,1-2H3,(H,25,26)/t33-/m0/s1. The smallest absolute Gasteiger partial charge is 0.341 e. The molecular formula is C24H23NO6S2. The molecule has 0 unspecified atom stereocenters. The molecule has 0 aliphatic heterocycles. The number of amides is 1. The Morgan fingerprint density at radius 2 is 1.64 bits per heavy atom. The van der Waals surface area contributed by atoms with Gasteiger partial charge in [0.25, 0.3) is 5.91 Å². The lowest BCUT2D eigenvalue weighted by Gasteiger charge is -2.10. The van der Waals surface area contributed by atoms with Crippen molar-refractivity contribution in [2.24, 2.45) is 0 Å². The van der Waals surface area contributed by atoms with E-state index in [9.17, 15) is 18.6 Å². The first-order valence-corrected chi connectivity index (χ1v) is 12.4. The number of esters is 2. The van der Waals surface area contributed by atoms with Crippen molar-refractivity contribution in [3.63, 3.8) is 0 Å². The molecule has 0 saturated heterocycles. The molecule has 0 radical (unpaired) electrons. The van der Waals surface area contributed by atoms with Crippen LogP contribution in [0.5, 0.6) is 0 Å². The molecule has 1 N–H and O–H groups in total. The van der Waals surface area contributed by atoms with E-state index in [-0.39, 0.29) is 17.7 Å². The van der Waals surface area contributed by atoms with Gasteiger partial charge >= 0.3 is 11.9 Å². The monoisotopic (exact) mass is 485 g/mol. The number of nitrogens with one attached hydrogen (secondary N) is 1. The lowest BCUT2D eigenvalue weighted by Crippen LogP contribution is -2.22. The molecule has 1 amide bonds. The molecule has 1 aromatic heterocycles. The highest BCUT2D eigenvalue weighted by Gasteiger charge is 2.23. The second-order valence-electron chi connectivity index (χ2n) is 6.69. The zero-order valence-corrected chi connectivity index (χ0v) is 19.8. The van der Waals surface area contributed by atoms with E-state index in [2.05, 4.69) is 5.32 Å². The van der Waals surface area contributed by atoms with Gasteiger partial charge in [0.15, 0.2) is 6.61 Å². The zero-order chi connectivity index (χ0) is 23.8. The van der Waals surface area contributed by atoms with E-state index in [1.165, 1.54) is 17.4 Å². The maximum atomic E-state index is 12.6. The fourth-order valence-corrected chi connectivity index (χ4v) is 4.96. The summed E-state index contributed by atoms with van der Waals surface area (Å²) in [5.41, 5.74) is 1.85. The molecule has 33 heavy (non-hydrogen) atoms. The number of hydrogen-bond donors (Lipinski definition) is 1. The van der Waals surface area contributed by atoms with E-state index in [4.69, 9.17) is 9.47 Å². The van der Waals surface area contributed by atoms with Crippen molar-refractivity contribution < 1.29 is 28.1 Å². The third kappa shape index (κ3) is 5.94. The topological polar surface area (TPSA) is 98.8 Å². The molecule has 0 aliphatic carbocycles. The third-order valence-corrected chi connectivity index (χ3v) is 6.82. The van der Waals surface area contributed by atoms with Gasteiger partial charge in [0.1, 0.15) is 10.6 Å². The molecule has 0 saturated carbocycles. The molecule has 0 fully saturated rings. The van der Waals surface area contributed by atoms with Crippen molar-refractivity contribution in [2.45, 2.75) is 18.7 Å². The van der Waals surface area contributed by atoms with Crippen LogP contribution in [0.15, 0.2) is 64.9 Å². The highest BCUT2D eigenvalue weighted by atomic mass is 32.2. The highest BCUT2D eigenvalue weighted by Crippen LogP contribution is 2.36. The predicted molar refractivity (Wildman–Crippen MR) is 128 cm³/mol. The van der Waals surface area contributed by atoms with Crippen LogP contribution in [0.4, 0.5) is 5.00 Å². The summed E-state index contributed by atoms with van der Waals surface area (Å²) in [4.78, 5) is 38.0. The quantitative estimate of drug-likeness (QED) is 0.448. The molecule has 0 aliphatic rings. The van der Waals surface area contributed by atoms with Gasteiger partial charge in [0.2, 0.25) is 0 Å². The molecule has 1 atom stereocenters. The van der Waals surface area contributed by atoms with E-state index in [1.54, 1.807) is 37.4 Å². The van der Waals surface area contributed by atoms with Crippen molar-refractivity contribution in [2.75, 3.05) is 24.3 Å². The van der Waals surface area contributed by atoms with Gasteiger partial charge in [-0.3, -0.25) is 9.00 Å². The number of carbonyl (C=O) groups is 3. The summed E-state index contributed by atoms with van der Waals surface area (Å²) in [7, 11) is -1.35. The van der Waals surface area contributed by atoms with Crippen molar-refractivity contribution in [1.82, 2.24) is 0 Å². The fraction of sp³-hybridized carbons (Fsp3) is 0.208. The fourth-order valence-electron chi connectivity index (χ4n) is 3.05. The lowest BCUT2D eigenvalue weighted by molar-refractivity contribution is -0.119. The van der Waals surface area contributed by atoms with Crippen molar-refractivity contribution in [1.29, 1.82) is 0 Å². The van der Waals surface area contributed by atoms with E-state index in [1.807, 2.05) is 30.3 Å². The van der Waals surface area contributed by atoms with Crippen LogP contribution in [0, 0.1) is 0 Å². The van der Waals surface area contributed by atoms with Gasteiger partial charge in [-0.15, -0.1) is 11.3 Å². The van der Waals surface area contributed by atoms with Gasteiger partial charge in [-0.1, -0.05) is 49.4 Å². The van der Waals surface area contributed by atoms with Crippen LogP contribution in [0.1, 0.15) is 34.6 Å². The summed E-state index contributed by atoms with van der Waals surface area (Å²) in [5.74, 6) is -1.56. The Bertz CT molecular complexity index is 1170. The molecule has 9 heteroatoms.